The molecule has 96 valence electrons. The summed E-state index contributed by atoms with van der Waals surface area (Å²) in [5.74, 6) is 0. The van der Waals surface area contributed by atoms with Crippen LogP contribution in [0.3, 0.4) is 0 Å². The van der Waals surface area contributed by atoms with Crippen LogP contribution in [0.25, 0.3) is 0 Å². The smallest absolute Gasteiger partial charge is 0.0665 e. The van der Waals surface area contributed by atoms with Crippen LogP contribution in [0.1, 0.15) is 43.0 Å². The van der Waals surface area contributed by atoms with E-state index in [2.05, 4.69) is 51.2 Å². The lowest BCUT2D eigenvalue weighted by atomic mass is 9.99. The van der Waals surface area contributed by atoms with Gasteiger partial charge in [0, 0.05) is 0 Å². The zero-order valence-electron chi connectivity index (χ0n) is 11.7. The minimum Gasteiger partial charge on any atom is -0.377 e. The Bertz CT molecular complexity index is 349. The van der Waals surface area contributed by atoms with Crippen LogP contribution in [0.5, 0.6) is 0 Å². The normalized spacial score (nSPS) is 14.6. The third-order valence-electron chi connectivity index (χ3n) is 3.28. The van der Waals surface area contributed by atoms with Crippen molar-refractivity contribution in [3.63, 3.8) is 0 Å². The van der Waals surface area contributed by atoms with Crippen LogP contribution in [0.15, 0.2) is 18.2 Å². The summed E-state index contributed by atoms with van der Waals surface area (Å²) in [6, 6.07) is 6.86. The van der Waals surface area contributed by atoms with Gasteiger partial charge in [-0.05, 0) is 45.4 Å². The molecule has 2 atom stereocenters. The van der Waals surface area contributed by atoms with Gasteiger partial charge < -0.3 is 10.1 Å². The number of aryl methyl sites for hydroxylation is 2. The monoisotopic (exact) mass is 235 g/mol. The SMILES string of the molecule is CCC(C)OCC(NC)c1cc(C)ccc1C. The molecule has 0 aliphatic rings. The predicted octanol–water partition coefficient (Wildman–Crippen LogP) is 3.38. The largest absolute Gasteiger partial charge is 0.377 e. The van der Waals surface area contributed by atoms with Crippen LogP contribution in [0.4, 0.5) is 0 Å². The highest BCUT2D eigenvalue weighted by atomic mass is 16.5. The molecule has 1 rings (SSSR count). The number of hydrogen-bond acceptors (Lipinski definition) is 2. The van der Waals surface area contributed by atoms with E-state index in [-0.39, 0.29) is 6.04 Å². The van der Waals surface area contributed by atoms with E-state index >= 15 is 0 Å². The summed E-state index contributed by atoms with van der Waals surface area (Å²) < 4.78 is 5.83. The fraction of sp³-hybridized carbons (Fsp3) is 0.600. The van der Waals surface area contributed by atoms with Gasteiger partial charge in [0.2, 0.25) is 0 Å². The van der Waals surface area contributed by atoms with Gasteiger partial charge in [-0.2, -0.15) is 0 Å². The van der Waals surface area contributed by atoms with Crippen LogP contribution < -0.4 is 5.32 Å². The maximum absolute atomic E-state index is 5.83. The summed E-state index contributed by atoms with van der Waals surface area (Å²) in [6.45, 7) is 9.29. The van der Waals surface area contributed by atoms with E-state index in [1.165, 1.54) is 16.7 Å². The van der Waals surface area contributed by atoms with Crippen molar-refractivity contribution in [2.24, 2.45) is 0 Å². The summed E-state index contributed by atoms with van der Waals surface area (Å²) in [4.78, 5) is 0. The molecule has 0 fully saturated rings. The van der Waals surface area contributed by atoms with Gasteiger partial charge in [-0.15, -0.1) is 0 Å². The molecule has 1 N–H and O–H groups in total. The minimum atomic E-state index is 0.281. The molecule has 0 aliphatic carbocycles. The number of hydrogen-bond donors (Lipinski definition) is 1. The number of ether oxygens (including phenoxy) is 1. The van der Waals surface area contributed by atoms with E-state index in [0.29, 0.717) is 6.10 Å². The zero-order chi connectivity index (χ0) is 12.8. The van der Waals surface area contributed by atoms with Crippen LogP contribution in [-0.4, -0.2) is 19.8 Å². The van der Waals surface area contributed by atoms with Crippen molar-refractivity contribution in [2.75, 3.05) is 13.7 Å². The molecule has 0 spiro atoms. The molecule has 0 aromatic heterocycles. The standard InChI is InChI=1S/C15H25NO/c1-6-13(4)17-10-15(16-5)14-9-11(2)7-8-12(14)3/h7-9,13,15-16H,6,10H2,1-5H3. The van der Waals surface area contributed by atoms with Gasteiger partial charge in [0.05, 0.1) is 18.8 Å². The second-order valence-corrected chi connectivity index (χ2v) is 4.75. The van der Waals surface area contributed by atoms with Gasteiger partial charge in [0.25, 0.3) is 0 Å². The maximum Gasteiger partial charge on any atom is 0.0665 e. The molecule has 0 bridgehead atoms. The molecule has 0 radical (unpaired) electrons. The summed E-state index contributed by atoms with van der Waals surface area (Å²) >= 11 is 0. The van der Waals surface area contributed by atoms with Crippen molar-refractivity contribution in [1.29, 1.82) is 0 Å². The Morgan fingerprint density at radius 1 is 1.29 bits per heavy atom. The molecule has 2 nitrogen and oxygen atoms in total. The van der Waals surface area contributed by atoms with Crippen LogP contribution in [0.2, 0.25) is 0 Å². The fourth-order valence-corrected chi connectivity index (χ4v) is 1.84. The first-order valence-electron chi connectivity index (χ1n) is 6.44. The van der Waals surface area contributed by atoms with Crippen LogP contribution >= 0.6 is 0 Å². The van der Waals surface area contributed by atoms with Crippen molar-refractivity contribution in [2.45, 2.75) is 46.3 Å². The molecule has 0 aliphatic heterocycles. The Morgan fingerprint density at radius 2 is 2.00 bits per heavy atom. The molecule has 2 heteroatoms. The lowest BCUT2D eigenvalue weighted by Gasteiger charge is -2.21. The summed E-state index contributed by atoms with van der Waals surface area (Å²) in [6.07, 6.45) is 1.39. The Morgan fingerprint density at radius 3 is 2.59 bits per heavy atom. The fourth-order valence-electron chi connectivity index (χ4n) is 1.84. The first kappa shape index (κ1) is 14.2. The summed E-state index contributed by atoms with van der Waals surface area (Å²) in [7, 11) is 1.99. The third kappa shape index (κ3) is 4.14. The van der Waals surface area contributed by atoms with E-state index < -0.39 is 0 Å². The molecule has 0 amide bonds. The highest BCUT2D eigenvalue weighted by Crippen LogP contribution is 2.20. The van der Waals surface area contributed by atoms with Gasteiger partial charge in [0.15, 0.2) is 0 Å². The highest BCUT2D eigenvalue weighted by Gasteiger charge is 2.13. The second-order valence-electron chi connectivity index (χ2n) is 4.75. The van der Waals surface area contributed by atoms with Gasteiger partial charge in [-0.25, -0.2) is 0 Å². The molecule has 17 heavy (non-hydrogen) atoms. The third-order valence-corrected chi connectivity index (χ3v) is 3.28. The van der Waals surface area contributed by atoms with E-state index in [0.717, 1.165) is 13.0 Å². The molecular formula is C15H25NO. The summed E-state index contributed by atoms with van der Waals surface area (Å²) in [5.41, 5.74) is 3.97. The van der Waals surface area contributed by atoms with Crippen molar-refractivity contribution >= 4 is 0 Å². The van der Waals surface area contributed by atoms with Crippen LogP contribution in [0, 0.1) is 13.8 Å². The number of nitrogens with one attached hydrogen (secondary N) is 1. The molecule has 2 unspecified atom stereocenters. The average Bonchev–Trinajstić information content (AvgIpc) is 2.33. The highest BCUT2D eigenvalue weighted by molar-refractivity contribution is 5.33. The van der Waals surface area contributed by atoms with Gasteiger partial charge in [-0.3, -0.25) is 0 Å². The molecule has 1 aromatic rings. The summed E-state index contributed by atoms with van der Waals surface area (Å²) in [5, 5.41) is 3.34. The Hall–Kier alpha value is -0.860. The molecule has 0 heterocycles. The maximum atomic E-state index is 5.83. The second kappa shape index (κ2) is 6.77. The van der Waals surface area contributed by atoms with Crippen molar-refractivity contribution in [3.8, 4) is 0 Å². The average molecular weight is 235 g/mol. The lowest BCUT2D eigenvalue weighted by molar-refractivity contribution is 0.0486. The molecule has 0 saturated heterocycles. The van der Waals surface area contributed by atoms with Gasteiger partial charge >= 0.3 is 0 Å². The minimum absolute atomic E-state index is 0.281. The van der Waals surface area contributed by atoms with Gasteiger partial charge in [0.1, 0.15) is 0 Å². The first-order valence-corrected chi connectivity index (χ1v) is 6.44. The Labute approximate surface area is 105 Å². The molecular weight excluding hydrogens is 210 g/mol. The van der Waals surface area contributed by atoms with Crippen molar-refractivity contribution in [1.82, 2.24) is 5.32 Å². The molecule has 1 aromatic carbocycles. The van der Waals surface area contributed by atoms with E-state index in [9.17, 15) is 0 Å². The van der Waals surface area contributed by atoms with Crippen molar-refractivity contribution in [3.05, 3.63) is 34.9 Å². The number of rotatable bonds is 6. The van der Waals surface area contributed by atoms with Crippen molar-refractivity contribution < 1.29 is 4.74 Å². The Kier molecular flexibility index (Phi) is 5.66. The zero-order valence-corrected chi connectivity index (χ0v) is 11.7. The number of benzene rings is 1. The predicted molar refractivity (Wildman–Crippen MR) is 73.4 cm³/mol. The lowest BCUT2D eigenvalue weighted by Crippen LogP contribution is -2.25. The molecule has 0 saturated carbocycles. The topological polar surface area (TPSA) is 21.3 Å². The van der Waals surface area contributed by atoms with E-state index in [4.69, 9.17) is 4.74 Å². The van der Waals surface area contributed by atoms with Crippen LogP contribution in [-0.2, 0) is 4.74 Å². The quantitative estimate of drug-likeness (QED) is 0.816. The van der Waals surface area contributed by atoms with Gasteiger partial charge in [-0.1, -0.05) is 30.7 Å². The Balaban J connectivity index is 2.75. The number of likely N-dealkylation sites (N-methyl/N-ethyl adjacent to an activating group) is 1. The van der Waals surface area contributed by atoms with E-state index in [1.54, 1.807) is 0 Å². The van der Waals surface area contributed by atoms with E-state index in [1.807, 2.05) is 7.05 Å². The first-order chi connectivity index (χ1) is 8.08.